The zero-order valence-corrected chi connectivity index (χ0v) is 18.5. The lowest BCUT2D eigenvalue weighted by atomic mass is 9.95. The van der Waals surface area contributed by atoms with Gasteiger partial charge in [-0.3, -0.25) is 0 Å². The van der Waals surface area contributed by atoms with Gasteiger partial charge in [-0.05, 0) is 62.4 Å². The second-order valence-corrected chi connectivity index (χ2v) is 10.4. The minimum Gasteiger partial charge on any atom is -0.494 e. The molecule has 1 aliphatic heterocycles. The third kappa shape index (κ3) is 5.49. The molecule has 7 nitrogen and oxygen atoms in total. The van der Waals surface area contributed by atoms with Crippen LogP contribution in [0.3, 0.4) is 0 Å². The fraction of sp³-hybridized carbons (Fsp3) is 0.667. The maximum atomic E-state index is 13.4. The Kier molecular flexibility index (Phi) is 8.48. The molecule has 2 N–H and O–H groups in total. The van der Waals surface area contributed by atoms with Crippen LogP contribution in [0.5, 0.6) is 5.75 Å². The fourth-order valence-corrected chi connectivity index (χ4v) is 5.50. The van der Waals surface area contributed by atoms with Gasteiger partial charge in [0, 0.05) is 13.1 Å². The summed E-state index contributed by atoms with van der Waals surface area (Å²) in [4.78, 5) is 19.3. The van der Waals surface area contributed by atoms with Crippen LogP contribution in [-0.4, -0.2) is 50.3 Å². The number of likely N-dealkylation sites (tertiary alicyclic amines) is 1. The molecule has 1 aliphatic rings. The molecule has 1 aromatic rings. The Morgan fingerprint density at radius 3 is 2.34 bits per heavy atom. The van der Waals surface area contributed by atoms with Gasteiger partial charge in [-0.1, -0.05) is 27.2 Å². The number of nitrogens with zero attached hydrogens (tertiary/aromatic N) is 1. The Morgan fingerprint density at radius 1 is 1.21 bits per heavy atom. The summed E-state index contributed by atoms with van der Waals surface area (Å²) < 4.78 is 30.9. The van der Waals surface area contributed by atoms with E-state index in [4.69, 9.17) is 10.6 Å². The standard InChI is InChI=1S/C21H34N2O5S/c1-4-5-13-23-14-11-21(12-15-23,20(24)28-22)29(25,26)19-8-6-18(7-9-19)27-16-10-17(2)3/h6-9,17H,4-5,10-16,22H2,1-3H3. The van der Waals surface area contributed by atoms with Crippen LogP contribution in [0, 0.1) is 5.92 Å². The summed E-state index contributed by atoms with van der Waals surface area (Å²) in [5.74, 6) is 5.38. The molecule has 0 radical (unpaired) electrons. The van der Waals surface area contributed by atoms with E-state index in [2.05, 4.69) is 30.5 Å². The molecule has 0 aromatic heterocycles. The molecule has 0 saturated carbocycles. The highest BCUT2D eigenvalue weighted by molar-refractivity contribution is 7.93. The number of carbonyl (C=O) groups excluding carboxylic acids is 1. The molecule has 164 valence electrons. The van der Waals surface area contributed by atoms with Crippen LogP contribution in [0.2, 0.25) is 0 Å². The van der Waals surface area contributed by atoms with Crippen molar-refractivity contribution in [2.24, 2.45) is 11.8 Å². The molecule has 1 saturated heterocycles. The van der Waals surface area contributed by atoms with Gasteiger partial charge in [0.15, 0.2) is 14.6 Å². The lowest BCUT2D eigenvalue weighted by Gasteiger charge is -2.38. The van der Waals surface area contributed by atoms with Gasteiger partial charge < -0.3 is 14.5 Å². The molecular formula is C21H34N2O5S. The van der Waals surface area contributed by atoms with Gasteiger partial charge in [-0.25, -0.2) is 13.2 Å². The molecule has 0 bridgehead atoms. The first-order valence-corrected chi connectivity index (χ1v) is 11.9. The van der Waals surface area contributed by atoms with E-state index in [1.807, 2.05) is 0 Å². The lowest BCUT2D eigenvalue weighted by Crippen LogP contribution is -2.55. The second-order valence-electron chi connectivity index (χ2n) is 8.10. The van der Waals surface area contributed by atoms with E-state index >= 15 is 0 Å². The molecule has 0 unspecified atom stereocenters. The van der Waals surface area contributed by atoms with Crippen molar-refractivity contribution >= 4 is 15.8 Å². The van der Waals surface area contributed by atoms with Gasteiger partial charge in [0.05, 0.1) is 11.5 Å². The number of carbonyl (C=O) groups is 1. The first-order valence-electron chi connectivity index (χ1n) is 10.4. The van der Waals surface area contributed by atoms with E-state index in [9.17, 15) is 13.2 Å². The Morgan fingerprint density at radius 2 is 1.83 bits per heavy atom. The molecule has 0 spiro atoms. The van der Waals surface area contributed by atoms with E-state index in [1.165, 1.54) is 12.1 Å². The van der Waals surface area contributed by atoms with E-state index in [1.54, 1.807) is 12.1 Å². The molecule has 2 rings (SSSR count). The Hall–Kier alpha value is -1.64. The van der Waals surface area contributed by atoms with E-state index in [0.717, 1.165) is 25.8 Å². The molecule has 0 atom stereocenters. The number of hydrogen-bond donors (Lipinski definition) is 1. The zero-order valence-electron chi connectivity index (χ0n) is 17.7. The Labute approximate surface area is 174 Å². The monoisotopic (exact) mass is 426 g/mol. The molecule has 1 fully saturated rings. The molecule has 0 amide bonds. The predicted octanol–water partition coefficient (Wildman–Crippen LogP) is 2.94. The van der Waals surface area contributed by atoms with Crippen molar-refractivity contribution in [1.29, 1.82) is 0 Å². The quantitative estimate of drug-likeness (QED) is 0.574. The summed E-state index contributed by atoms with van der Waals surface area (Å²) in [6, 6.07) is 6.25. The maximum Gasteiger partial charge on any atom is 0.346 e. The minimum absolute atomic E-state index is 0.0844. The summed E-state index contributed by atoms with van der Waals surface area (Å²) in [6.45, 7) is 8.84. The number of hydrogen-bond acceptors (Lipinski definition) is 7. The first kappa shape index (κ1) is 23.6. The second kappa shape index (κ2) is 10.4. The summed E-state index contributed by atoms with van der Waals surface area (Å²) in [5, 5.41) is 0. The van der Waals surface area contributed by atoms with Crippen LogP contribution < -0.4 is 10.6 Å². The third-order valence-corrected chi connectivity index (χ3v) is 8.08. The van der Waals surface area contributed by atoms with Gasteiger partial charge in [0.25, 0.3) is 0 Å². The van der Waals surface area contributed by atoms with Crippen LogP contribution in [-0.2, 0) is 19.5 Å². The van der Waals surface area contributed by atoms with Gasteiger partial charge in [-0.2, -0.15) is 5.90 Å². The molecule has 29 heavy (non-hydrogen) atoms. The van der Waals surface area contributed by atoms with Crippen LogP contribution in [0.25, 0.3) is 0 Å². The highest BCUT2D eigenvalue weighted by Gasteiger charge is 2.54. The predicted molar refractivity (Wildman–Crippen MR) is 112 cm³/mol. The number of sulfone groups is 1. The molecule has 1 heterocycles. The first-order chi connectivity index (χ1) is 13.8. The van der Waals surface area contributed by atoms with Crippen molar-refractivity contribution in [3.8, 4) is 5.75 Å². The van der Waals surface area contributed by atoms with E-state index in [-0.39, 0.29) is 17.7 Å². The van der Waals surface area contributed by atoms with Crippen LogP contribution in [0.1, 0.15) is 52.9 Å². The molecule has 8 heteroatoms. The van der Waals surface area contributed by atoms with Gasteiger partial charge in [-0.15, -0.1) is 0 Å². The zero-order chi connectivity index (χ0) is 21.5. The number of unbranched alkanes of at least 4 members (excludes halogenated alkanes) is 1. The average molecular weight is 427 g/mol. The largest absolute Gasteiger partial charge is 0.494 e. The summed E-state index contributed by atoms with van der Waals surface area (Å²) in [5.41, 5.74) is 0. The highest BCUT2D eigenvalue weighted by atomic mass is 32.2. The van der Waals surface area contributed by atoms with Crippen molar-refractivity contribution in [3.05, 3.63) is 24.3 Å². The fourth-order valence-electron chi connectivity index (χ4n) is 3.56. The summed E-state index contributed by atoms with van der Waals surface area (Å²) >= 11 is 0. The number of ether oxygens (including phenoxy) is 1. The normalized spacial score (nSPS) is 17.3. The molecular weight excluding hydrogens is 392 g/mol. The van der Waals surface area contributed by atoms with E-state index < -0.39 is 20.6 Å². The van der Waals surface area contributed by atoms with E-state index in [0.29, 0.717) is 31.4 Å². The van der Waals surface area contributed by atoms with Crippen LogP contribution in [0.4, 0.5) is 0 Å². The van der Waals surface area contributed by atoms with Gasteiger partial charge in [0.2, 0.25) is 0 Å². The number of benzene rings is 1. The number of rotatable bonds is 10. The SMILES string of the molecule is CCCCN1CCC(C(=O)ON)(S(=O)(=O)c2ccc(OCCC(C)C)cc2)CC1. The van der Waals surface area contributed by atoms with Crippen LogP contribution in [0.15, 0.2) is 29.2 Å². The van der Waals surface area contributed by atoms with Crippen molar-refractivity contribution < 1.29 is 22.8 Å². The Bertz CT molecular complexity index is 754. The molecule has 1 aromatic carbocycles. The smallest absolute Gasteiger partial charge is 0.346 e. The lowest BCUT2D eigenvalue weighted by molar-refractivity contribution is -0.148. The summed E-state index contributed by atoms with van der Waals surface area (Å²) in [6.07, 6.45) is 3.36. The Balaban J connectivity index is 2.19. The maximum absolute atomic E-state index is 13.4. The third-order valence-electron chi connectivity index (χ3n) is 5.58. The molecule has 0 aliphatic carbocycles. The number of piperidine rings is 1. The average Bonchev–Trinajstić information content (AvgIpc) is 2.72. The highest BCUT2D eigenvalue weighted by Crippen LogP contribution is 2.37. The topological polar surface area (TPSA) is 98.9 Å². The van der Waals surface area contributed by atoms with Crippen LogP contribution >= 0.6 is 0 Å². The van der Waals surface area contributed by atoms with Gasteiger partial charge >= 0.3 is 5.97 Å². The van der Waals surface area contributed by atoms with Crippen molar-refractivity contribution in [3.63, 3.8) is 0 Å². The van der Waals surface area contributed by atoms with Gasteiger partial charge in [0.1, 0.15) is 5.75 Å². The summed E-state index contributed by atoms with van der Waals surface area (Å²) in [7, 11) is -3.97. The van der Waals surface area contributed by atoms with Crippen molar-refractivity contribution in [2.75, 3.05) is 26.2 Å². The van der Waals surface area contributed by atoms with Crippen molar-refractivity contribution in [2.45, 2.75) is 62.5 Å². The van der Waals surface area contributed by atoms with Crippen molar-refractivity contribution in [1.82, 2.24) is 4.90 Å². The minimum atomic E-state index is -3.97. The number of nitrogens with two attached hydrogens (primary N) is 1.